The summed E-state index contributed by atoms with van der Waals surface area (Å²) in [7, 11) is -1.36. The lowest BCUT2D eigenvalue weighted by molar-refractivity contribution is 0.942. The fourth-order valence-electron chi connectivity index (χ4n) is 3.42. The van der Waals surface area contributed by atoms with Crippen molar-refractivity contribution in [3.63, 3.8) is 0 Å². The minimum absolute atomic E-state index is 1.11. The largest absolute Gasteiger partial charge is 0.285 e. The third-order valence-electron chi connectivity index (χ3n) is 5.05. The lowest BCUT2D eigenvalue weighted by atomic mass is 10.3. The quantitative estimate of drug-likeness (QED) is 0.406. The molecule has 0 bridgehead atoms. The Morgan fingerprint density at radius 1 is 0.944 bits per heavy atom. The zero-order valence-electron chi connectivity index (χ0n) is 13.3. The van der Waals surface area contributed by atoms with Crippen LogP contribution in [0.2, 0.25) is 0 Å². The van der Waals surface area contributed by atoms with Gasteiger partial charge in [-0.15, -0.1) is 0 Å². The Hall–Kier alpha value is 0.0900. The average Bonchev–Trinajstić information content (AvgIpc) is 3.13. The molecule has 18 heavy (non-hydrogen) atoms. The first-order valence-corrected chi connectivity index (χ1v) is 11.6. The molecule has 0 spiro atoms. The predicted octanol–water partition coefficient (Wildman–Crippen LogP) is 5.28. The van der Waals surface area contributed by atoms with Gasteiger partial charge in [-0.25, -0.2) is 0 Å². The van der Waals surface area contributed by atoms with E-state index in [4.69, 9.17) is 0 Å². The predicted molar refractivity (Wildman–Crippen MR) is 91.7 cm³/mol. The van der Waals surface area contributed by atoms with Gasteiger partial charge >= 0.3 is 0 Å². The monoisotopic (exact) mass is 272 g/mol. The molecule has 1 saturated carbocycles. The highest BCUT2D eigenvalue weighted by molar-refractivity contribution is 8.49. The van der Waals surface area contributed by atoms with Crippen LogP contribution in [0, 0.1) is 5.92 Å². The first kappa shape index (κ1) is 16.1. The van der Waals surface area contributed by atoms with Gasteiger partial charge in [0.15, 0.2) is 0 Å². The Kier molecular flexibility index (Phi) is 6.30. The van der Waals surface area contributed by atoms with E-state index in [2.05, 4.69) is 39.2 Å². The van der Waals surface area contributed by atoms with Crippen molar-refractivity contribution in [2.24, 2.45) is 5.92 Å². The van der Waals surface area contributed by atoms with Crippen LogP contribution < -0.4 is 0 Å². The summed E-state index contributed by atoms with van der Waals surface area (Å²) in [6.07, 6.45) is 15.9. The van der Waals surface area contributed by atoms with Crippen molar-refractivity contribution in [2.45, 2.75) is 59.3 Å². The zero-order valence-corrected chi connectivity index (χ0v) is 14.1. The van der Waals surface area contributed by atoms with E-state index in [0.717, 1.165) is 5.92 Å². The summed E-state index contributed by atoms with van der Waals surface area (Å²) >= 11 is 0. The molecule has 0 aromatic rings. The van der Waals surface area contributed by atoms with E-state index in [9.17, 15) is 0 Å². The van der Waals surface area contributed by atoms with Crippen LogP contribution in [0.4, 0.5) is 0 Å². The minimum atomic E-state index is -1.36. The highest BCUT2D eigenvalue weighted by Crippen LogP contribution is 2.69. The molecule has 1 aliphatic rings. The maximum Gasteiger partial charge on any atom is -0.0288 e. The third kappa shape index (κ3) is 4.99. The van der Waals surface area contributed by atoms with Crippen LogP contribution in [0.25, 0.3) is 0 Å². The molecule has 0 radical (unpaired) electrons. The second kappa shape index (κ2) is 7.03. The van der Waals surface area contributed by atoms with Gasteiger partial charge in [0.1, 0.15) is 0 Å². The summed E-state index contributed by atoms with van der Waals surface area (Å²) in [4.78, 5) is 0. The Labute approximate surface area is 116 Å². The number of rotatable bonds is 10. The van der Waals surface area contributed by atoms with Gasteiger partial charge in [0.2, 0.25) is 0 Å². The summed E-state index contributed by atoms with van der Waals surface area (Å²) in [5.41, 5.74) is 0. The lowest BCUT2D eigenvalue weighted by Gasteiger charge is -2.59. The molecule has 0 unspecified atom stereocenters. The van der Waals surface area contributed by atoms with E-state index in [1.165, 1.54) is 50.0 Å². The molecular weight excluding hydrogens is 236 g/mol. The zero-order chi connectivity index (χ0) is 13.5. The van der Waals surface area contributed by atoms with E-state index >= 15 is 0 Å². The highest BCUT2D eigenvalue weighted by atomic mass is 32.3. The smallest absolute Gasteiger partial charge is 0.0288 e. The number of hydrogen-bond donors (Lipinski definition) is 1. The molecule has 0 saturated heterocycles. The van der Waals surface area contributed by atoms with Crippen LogP contribution in [-0.4, -0.2) is 29.3 Å². The molecule has 0 aromatic heterocycles. The molecule has 110 valence electrons. The van der Waals surface area contributed by atoms with Crippen molar-refractivity contribution in [1.82, 2.24) is 0 Å². The third-order valence-corrected chi connectivity index (χ3v) is 12.2. The van der Waals surface area contributed by atoms with Gasteiger partial charge in [-0.3, -0.25) is 9.16 Å². The molecule has 0 aromatic carbocycles. The first-order chi connectivity index (χ1) is 8.56. The Balaban J connectivity index is 2.57. The SMILES string of the molecule is CCC/C=C\CC[SH](C)(CC)(CCC)CC1CC1. The molecule has 0 heterocycles. The van der Waals surface area contributed by atoms with Crippen LogP contribution in [0.1, 0.15) is 59.3 Å². The van der Waals surface area contributed by atoms with Crippen molar-refractivity contribution >= 4 is 9.16 Å². The topological polar surface area (TPSA) is 0 Å². The number of thiol groups is 1. The summed E-state index contributed by atoms with van der Waals surface area (Å²) in [6.45, 7) is 7.13. The van der Waals surface area contributed by atoms with Crippen molar-refractivity contribution in [1.29, 1.82) is 0 Å². The fourth-order valence-corrected chi connectivity index (χ4v) is 9.23. The van der Waals surface area contributed by atoms with Crippen molar-refractivity contribution in [3.05, 3.63) is 12.2 Å². The molecule has 0 amide bonds. The number of allylic oxidation sites excluding steroid dienone is 2. The Bertz CT molecular complexity index is 267. The lowest BCUT2D eigenvalue weighted by Crippen LogP contribution is -2.31. The van der Waals surface area contributed by atoms with Gasteiger partial charge in [-0.05, 0) is 67.3 Å². The normalized spacial score (nSPS) is 19.0. The van der Waals surface area contributed by atoms with Gasteiger partial charge in [0.25, 0.3) is 0 Å². The second-order valence-electron chi connectivity index (χ2n) is 7.04. The van der Waals surface area contributed by atoms with Gasteiger partial charge in [-0.1, -0.05) is 39.3 Å². The van der Waals surface area contributed by atoms with E-state index in [1.807, 2.05) is 0 Å². The van der Waals surface area contributed by atoms with Gasteiger partial charge in [0.05, 0.1) is 0 Å². The van der Waals surface area contributed by atoms with Crippen LogP contribution in [0.5, 0.6) is 0 Å². The molecule has 0 aliphatic heterocycles. The van der Waals surface area contributed by atoms with Crippen LogP contribution in [-0.2, 0) is 0 Å². The Morgan fingerprint density at radius 3 is 2.11 bits per heavy atom. The highest BCUT2D eigenvalue weighted by Gasteiger charge is 2.39. The molecule has 1 aliphatic carbocycles. The van der Waals surface area contributed by atoms with Gasteiger partial charge in [0, 0.05) is 0 Å². The van der Waals surface area contributed by atoms with E-state index in [1.54, 1.807) is 11.5 Å². The van der Waals surface area contributed by atoms with Gasteiger partial charge < -0.3 is 0 Å². The van der Waals surface area contributed by atoms with Crippen molar-refractivity contribution < 1.29 is 0 Å². The summed E-state index contributed by atoms with van der Waals surface area (Å²) in [5, 5.41) is 0. The number of hydrogen-bond acceptors (Lipinski definition) is 0. The van der Waals surface area contributed by atoms with Crippen LogP contribution in [0.3, 0.4) is 0 Å². The van der Waals surface area contributed by atoms with E-state index in [0.29, 0.717) is 0 Å². The summed E-state index contributed by atoms with van der Waals surface area (Å²) < 4.78 is 0. The summed E-state index contributed by atoms with van der Waals surface area (Å²) in [6, 6.07) is 0. The molecule has 1 heteroatoms. The first-order valence-electron chi connectivity index (χ1n) is 8.21. The molecule has 0 atom stereocenters. The molecule has 0 N–H and O–H groups in total. The minimum Gasteiger partial charge on any atom is -0.285 e. The van der Waals surface area contributed by atoms with Crippen LogP contribution in [0.15, 0.2) is 12.2 Å². The van der Waals surface area contributed by atoms with Crippen LogP contribution >= 0.6 is 9.16 Å². The van der Waals surface area contributed by atoms with E-state index < -0.39 is 9.16 Å². The van der Waals surface area contributed by atoms with Crippen molar-refractivity contribution in [3.8, 4) is 0 Å². The maximum atomic E-state index is 2.72. The number of unbranched alkanes of at least 4 members (excludes halogenated alkanes) is 1. The Morgan fingerprint density at radius 2 is 1.61 bits per heavy atom. The second-order valence-corrected chi connectivity index (χ2v) is 14.1. The summed E-state index contributed by atoms with van der Waals surface area (Å²) in [5.74, 6) is 7.26. The van der Waals surface area contributed by atoms with E-state index in [-0.39, 0.29) is 0 Å². The molecule has 1 rings (SSSR count). The average molecular weight is 273 g/mol. The maximum absolute atomic E-state index is 2.72. The standard InChI is InChI=1S/C17H36S/c1-5-8-9-10-11-15-18(4,7-3,14-6-2)16-17-12-13-17/h9-10,17-18H,5-8,11-16H2,1-4H3/b10-9-. The molecule has 0 nitrogen and oxygen atoms in total. The molecular formula is C17H36S. The molecule has 1 fully saturated rings. The fraction of sp³-hybridized carbons (Fsp3) is 0.882. The van der Waals surface area contributed by atoms with Gasteiger partial charge in [-0.2, -0.15) is 0 Å². The van der Waals surface area contributed by atoms with Crippen molar-refractivity contribution in [2.75, 3.05) is 29.3 Å².